The summed E-state index contributed by atoms with van der Waals surface area (Å²) < 4.78 is 5.49. The number of urea groups is 1. The first-order chi connectivity index (χ1) is 20.3. The monoisotopic (exact) mass is 609 g/mol. The summed E-state index contributed by atoms with van der Waals surface area (Å²) >= 11 is 8.07. The molecule has 12 heteroatoms. The van der Waals surface area contributed by atoms with Crippen LogP contribution in [0.1, 0.15) is 23.2 Å². The van der Waals surface area contributed by atoms with Crippen LogP contribution in [0.15, 0.2) is 53.4 Å². The summed E-state index contributed by atoms with van der Waals surface area (Å²) in [5, 5.41) is 6.08. The highest BCUT2D eigenvalue weighted by atomic mass is 35.5. The standard InChI is InChI=1S/C30H36ClN7O3S/c1-36(2)24-12-14-38(15-13-24)29(39)21-6-10-23(11-7-21)33-30(40)32-22-8-4-20(5-9-22)27-34-26(31)25(42-3)28(35-27)37-16-18-41-19-17-37/h4-11,24H,12-19H2,1-3H3,(H2,32,33,40). The van der Waals surface area contributed by atoms with Crippen LogP contribution in [0.3, 0.4) is 0 Å². The summed E-state index contributed by atoms with van der Waals surface area (Å²) in [6, 6.07) is 14.4. The summed E-state index contributed by atoms with van der Waals surface area (Å²) in [6.07, 6.45) is 3.91. The number of piperidine rings is 1. The molecule has 10 nitrogen and oxygen atoms in total. The Labute approximate surface area is 255 Å². The lowest BCUT2D eigenvalue weighted by Crippen LogP contribution is -2.44. The van der Waals surface area contributed by atoms with Crippen molar-refractivity contribution in [3.8, 4) is 11.4 Å². The molecule has 2 aliphatic rings. The SMILES string of the molecule is CSc1c(Cl)nc(-c2ccc(NC(=O)Nc3ccc(C(=O)N4CCC(N(C)C)CC4)cc3)cc2)nc1N1CCOCC1. The van der Waals surface area contributed by atoms with Gasteiger partial charge >= 0.3 is 6.03 Å². The summed E-state index contributed by atoms with van der Waals surface area (Å²) in [7, 11) is 4.16. The molecule has 2 aliphatic heterocycles. The number of nitrogens with one attached hydrogen (secondary N) is 2. The van der Waals surface area contributed by atoms with Gasteiger partial charge in [-0.3, -0.25) is 4.79 Å². The Morgan fingerprint density at radius 3 is 2.10 bits per heavy atom. The molecule has 2 fully saturated rings. The van der Waals surface area contributed by atoms with Crippen molar-refractivity contribution in [2.75, 3.05) is 75.3 Å². The van der Waals surface area contributed by atoms with Crippen molar-refractivity contribution >= 4 is 52.5 Å². The molecule has 222 valence electrons. The smallest absolute Gasteiger partial charge is 0.323 e. The van der Waals surface area contributed by atoms with Crippen LogP contribution >= 0.6 is 23.4 Å². The maximum absolute atomic E-state index is 12.9. The van der Waals surface area contributed by atoms with Crippen LogP contribution in [-0.4, -0.2) is 97.5 Å². The average molecular weight is 610 g/mol. The molecular formula is C30H36ClN7O3S. The molecule has 0 unspecified atom stereocenters. The van der Waals surface area contributed by atoms with Gasteiger partial charge in [-0.1, -0.05) is 11.6 Å². The Balaban J connectivity index is 1.18. The molecule has 3 amide bonds. The van der Waals surface area contributed by atoms with E-state index < -0.39 is 0 Å². The van der Waals surface area contributed by atoms with Crippen molar-refractivity contribution in [1.29, 1.82) is 0 Å². The normalized spacial score (nSPS) is 16.0. The lowest BCUT2D eigenvalue weighted by Gasteiger charge is -2.35. The average Bonchev–Trinajstić information content (AvgIpc) is 3.01. The summed E-state index contributed by atoms with van der Waals surface area (Å²) in [4.78, 5) is 42.1. The maximum Gasteiger partial charge on any atom is 0.323 e. The van der Waals surface area contributed by atoms with E-state index in [1.54, 1.807) is 36.4 Å². The van der Waals surface area contributed by atoms with Gasteiger partial charge in [0.2, 0.25) is 0 Å². The van der Waals surface area contributed by atoms with Gasteiger partial charge < -0.3 is 30.1 Å². The lowest BCUT2D eigenvalue weighted by atomic mass is 10.0. The molecule has 2 aromatic carbocycles. The molecule has 2 N–H and O–H groups in total. The highest BCUT2D eigenvalue weighted by Crippen LogP contribution is 2.35. The molecule has 0 radical (unpaired) electrons. The van der Waals surface area contributed by atoms with Gasteiger partial charge in [-0.15, -0.1) is 11.8 Å². The number of nitrogens with zero attached hydrogens (tertiary/aromatic N) is 5. The number of carbonyl (C=O) groups excluding carboxylic acids is 2. The lowest BCUT2D eigenvalue weighted by molar-refractivity contribution is 0.0663. The van der Waals surface area contributed by atoms with Crippen LogP contribution in [0, 0.1) is 0 Å². The Hall–Kier alpha value is -3.38. The number of amides is 3. The fourth-order valence-electron chi connectivity index (χ4n) is 5.17. The molecule has 2 saturated heterocycles. The van der Waals surface area contributed by atoms with Crippen molar-refractivity contribution < 1.29 is 14.3 Å². The van der Waals surface area contributed by atoms with Gasteiger partial charge in [0, 0.05) is 54.7 Å². The van der Waals surface area contributed by atoms with Crippen LogP contribution < -0.4 is 15.5 Å². The Kier molecular flexibility index (Phi) is 9.84. The van der Waals surface area contributed by atoms with Gasteiger partial charge in [0.25, 0.3) is 5.91 Å². The molecule has 1 aromatic heterocycles. The first-order valence-corrected chi connectivity index (χ1v) is 15.6. The van der Waals surface area contributed by atoms with Crippen molar-refractivity contribution in [2.45, 2.75) is 23.8 Å². The van der Waals surface area contributed by atoms with Gasteiger partial charge in [-0.05, 0) is 81.7 Å². The number of hydrogen-bond acceptors (Lipinski definition) is 8. The van der Waals surface area contributed by atoms with E-state index >= 15 is 0 Å². The van der Waals surface area contributed by atoms with Crippen LogP contribution in [0.5, 0.6) is 0 Å². The van der Waals surface area contributed by atoms with Gasteiger partial charge in [-0.2, -0.15) is 0 Å². The number of rotatable bonds is 7. The van der Waals surface area contributed by atoms with E-state index in [1.807, 2.05) is 23.3 Å². The van der Waals surface area contributed by atoms with E-state index in [0.29, 0.717) is 47.2 Å². The quantitative estimate of drug-likeness (QED) is 0.280. The third kappa shape index (κ3) is 7.15. The minimum atomic E-state index is -0.384. The first-order valence-electron chi connectivity index (χ1n) is 14.0. The van der Waals surface area contributed by atoms with E-state index in [0.717, 1.165) is 55.3 Å². The predicted molar refractivity (Wildman–Crippen MR) is 169 cm³/mol. The fraction of sp³-hybridized carbons (Fsp3) is 0.400. The number of hydrogen-bond donors (Lipinski definition) is 2. The topological polar surface area (TPSA) is 103 Å². The van der Waals surface area contributed by atoms with Gasteiger partial charge in [-0.25, -0.2) is 14.8 Å². The van der Waals surface area contributed by atoms with E-state index in [4.69, 9.17) is 21.3 Å². The van der Waals surface area contributed by atoms with Crippen LogP contribution in [0.25, 0.3) is 11.4 Å². The number of thioether (sulfide) groups is 1. The third-order valence-electron chi connectivity index (χ3n) is 7.59. The highest BCUT2D eigenvalue weighted by Gasteiger charge is 2.25. The van der Waals surface area contributed by atoms with Crippen LogP contribution in [0.2, 0.25) is 5.15 Å². The molecule has 0 saturated carbocycles. The minimum Gasteiger partial charge on any atom is -0.378 e. The maximum atomic E-state index is 12.9. The fourth-order valence-corrected chi connectivity index (χ4v) is 6.13. The minimum absolute atomic E-state index is 0.0220. The van der Waals surface area contributed by atoms with Crippen molar-refractivity contribution in [3.63, 3.8) is 0 Å². The molecular weight excluding hydrogens is 574 g/mol. The first kappa shape index (κ1) is 30.1. The summed E-state index contributed by atoms with van der Waals surface area (Å²) in [5.74, 6) is 1.35. The number of aromatic nitrogens is 2. The molecule has 3 heterocycles. The zero-order chi connectivity index (χ0) is 29.6. The zero-order valence-electron chi connectivity index (χ0n) is 24.1. The zero-order valence-corrected chi connectivity index (χ0v) is 25.7. The molecule has 0 bridgehead atoms. The summed E-state index contributed by atoms with van der Waals surface area (Å²) in [5.41, 5.74) is 2.62. The van der Waals surface area contributed by atoms with Gasteiger partial charge in [0.15, 0.2) is 5.82 Å². The number of benzene rings is 2. The largest absolute Gasteiger partial charge is 0.378 e. The van der Waals surface area contributed by atoms with E-state index in [-0.39, 0.29) is 11.9 Å². The molecule has 0 atom stereocenters. The number of ether oxygens (including phenoxy) is 1. The van der Waals surface area contributed by atoms with E-state index in [1.165, 1.54) is 11.8 Å². The summed E-state index contributed by atoms with van der Waals surface area (Å²) in [6.45, 7) is 4.28. The number of carbonyl (C=O) groups is 2. The molecule has 42 heavy (non-hydrogen) atoms. The predicted octanol–water partition coefficient (Wildman–Crippen LogP) is 5.17. The van der Waals surface area contributed by atoms with E-state index in [9.17, 15) is 9.59 Å². The second-order valence-electron chi connectivity index (χ2n) is 10.5. The second kappa shape index (κ2) is 13.7. The van der Waals surface area contributed by atoms with Crippen LogP contribution in [-0.2, 0) is 4.74 Å². The Bertz CT molecular complexity index is 1390. The van der Waals surface area contributed by atoms with Crippen molar-refractivity contribution in [3.05, 3.63) is 59.2 Å². The van der Waals surface area contributed by atoms with Crippen LogP contribution in [0.4, 0.5) is 22.0 Å². The molecule has 5 rings (SSSR count). The molecule has 3 aromatic rings. The molecule has 0 aliphatic carbocycles. The van der Waals surface area contributed by atoms with Crippen molar-refractivity contribution in [2.24, 2.45) is 0 Å². The Morgan fingerprint density at radius 2 is 1.52 bits per heavy atom. The van der Waals surface area contributed by atoms with Crippen molar-refractivity contribution in [1.82, 2.24) is 19.8 Å². The number of likely N-dealkylation sites (tertiary alicyclic amines) is 1. The highest BCUT2D eigenvalue weighted by molar-refractivity contribution is 7.98. The van der Waals surface area contributed by atoms with E-state index in [2.05, 4.69) is 39.5 Å². The Morgan fingerprint density at radius 1 is 0.929 bits per heavy atom. The number of halogens is 1. The number of morpholine rings is 1. The van der Waals surface area contributed by atoms with Gasteiger partial charge in [0.1, 0.15) is 11.0 Å². The van der Waals surface area contributed by atoms with Gasteiger partial charge in [0.05, 0.1) is 18.1 Å². The number of anilines is 3. The third-order valence-corrected chi connectivity index (χ3v) is 8.76. The molecule has 0 spiro atoms. The second-order valence-corrected chi connectivity index (χ2v) is 11.7.